The lowest BCUT2D eigenvalue weighted by Gasteiger charge is -2.17. The van der Waals surface area contributed by atoms with Crippen LogP contribution in [0.3, 0.4) is 0 Å². The molecule has 1 fully saturated rings. The first-order chi connectivity index (χ1) is 13.2. The first-order valence-electron chi connectivity index (χ1n) is 9.57. The fourth-order valence-electron chi connectivity index (χ4n) is 3.39. The zero-order valence-electron chi connectivity index (χ0n) is 16.4. The highest BCUT2D eigenvalue weighted by Crippen LogP contribution is 2.29. The quantitative estimate of drug-likeness (QED) is 0.331. The molecular formula is C20H29FIN5S. The molecule has 0 bridgehead atoms. The minimum absolute atomic E-state index is 0. The second-order valence-electron chi connectivity index (χ2n) is 6.71. The van der Waals surface area contributed by atoms with Gasteiger partial charge in [0.15, 0.2) is 5.96 Å². The third kappa shape index (κ3) is 6.65. The van der Waals surface area contributed by atoms with Crippen LogP contribution in [0.2, 0.25) is 0 Å². The Bertz CT molecular complexity index is 749. The van der Waals surface area contributed by atoms with E-state index in [4.69, 9.17) is 0 Å². The van der Waals surface area contributed by atoms with Crippen LogP contribution in [0.15, 0.2) is 41.5 Å². The van der Waals surface area contributed by atoms with Crippen molar-refractivity contribution in [3.8, 4) is 5.69 Å². The van der Waals surface area contributed by atoms with Crippen molar-refractivity contribution in [2.45, 2.75) is 43.9 Å². The minimum atomic E-state index is -0.240. The van der Waals surface area contributed by atoms with E-state index in [0.29, 0.717) is 6.04 Å². The van der Waals surface area contributed by atoms with E-state index in [9.17, 15) is 4.39 Å². The number of benzene rings is 1. The van der Waals surface area contributed by atoms with Gasteiger partial charge in [-0.2, -0.15) is 16.9 Å². The number of halogens is 2. The van der Waals surface area contributed by atoms with Gasteiger partial charge in [0.05, 0.1) is 11.4 Å². The summed E-state index contributed by atoms with van der Waals surface area (Å²) in [7, 11) is 1.81. The molecule has 1 aliphatic rings. The van der Waals surface area contributed by atoms with E-state index in [1.807, 2.05) is 19.3 Å². The number of rotatable bonds is 7. The summed E-state index contributed by atoms with van der Waals surface area (Å²) in [4.78, 5) is 4.34. The van der Waals surface area contributed by atoms with Gasteiger partial charge in [0.25, 0.3) is 0 Å². The largest absolute Gasteiger partial charge is 0.356 e. The summed E-state index contributed by atoms with van der Waals surface area (Å²) < 4.78 is 14.8. The van der Waals surface area contributed by atoms with Crippen molar-refractivity contribution in [3.63, 3.8) is 0 Å². The topological polar surface area (TPSA) is 54.2 Å². The highest BCUT2D eigenvalue weighted by Gasteiger charge is 2.24. The zero-order chi connectivity index (χ0) is 19.1. The van der Waals surface area contributed by atoms with Crippen molar-refractivity contribution >= 4 is 41.7 Å². The molecular weight excluding hydrogens is 488 g/mol. The molecule has 1 saturated carbocycles. The Hall–Kier alpha value is -1.29. The van der Waals surface area contributed by atoms with Gasteiger partial charge in [-0.25, -0.2) is 9.07 Å². The molecule has 0 saturated heterocycles. The standard InChI is InChI=1S/C20H28FN5S.HI/c1-3-27-19-9-6-17(14-19)24-20(22-2)23-12-10-16-11-13-26(25-16)18-7-4-15(21)5-8-18;/h4-5,7-8,11,13,17,19H,3,6,9-10,12,14H2,1-2H3,(H2,22,23,24);1H. The number of nitrogens with one attached hydrogen (secondary N) is 2. The Balaban J connectivity index is 0.00000280. The van der Waals surface area contributed by atoms with E-state index in [1.165, 1.54) is 37.1 Å². The molecule has 1 aliphatic carbocycles. The number of aromatic nitrogens is 2. The van der Waals surface area contributed by atoms with E-state index in [0.717, 1.165) is 35.6 Å². The molecule has 0 aliphatic heterocycles. The van der Waals surface area contributed by atoms with Crippen molar-refractivity contribution in [2.75, 3.05) is 19.3 Å². The average Bonchev–Trinajstić information content (AvgIpc) is 3.31. The highest BCUT2D eigenvalue weighted by molar-refractivity contribution is 14.0. The molecule has 1 heterocycles. The van der Waals surface area contributed by atoms with Gasteiger partial charge in [0, 0.05) is 37.5 Å². The number of hydrogen-bond acceptors (Lipinski definition) is 3. The summed E-state index contributed by atoms with van der Waals surface area (Å²) in [5.74, 6) is 1.81. The second kappa shape index (κ2) is 11.6. The van der Waals surface area contributed by atoms with Crippen LogP contribution in [0.25, 0.3) is 5.69 Å². The lowest BCUT2D eigenvalue weighted by Crippen LogP contribution is -2.43. The lowest BCUT2D eigenvalue weighted by molar-refractivity contribution is 0.614. The third-order valence-corrected chi connectivity index (χ3v) is 5.99. The molecule has 0 radical (unpaired) electrons. The Morgan fingerprint density at radius 1 is 1.29 bits per heavy atom. The van der Waals surface area contributed by atoms with E-state index in [2.05, 4.69) is 39.4 Å². The van der Waals surface area contributed by atoms with Crippen molar-refractivity contribution in [2.24, 2.45) is 4.99 Å². The number of nitrogens with zero attached hydrogens (tertiary/aromatic N) is 3. The third-order valence-electron chi connectivity index (χ3n) is 4.76. The molecule has 154 valence electrons. The first-order valence-corrected chi connectivity index (χ1v) is 10.6. The monoisotopic (exact) mass is 517 g/mol. The summed E-state index contributed by atoms with van der Waals surface area (Å²) in [5.41, 5.74) is 1.84. The number of hydrogen-bond donors (Lipinski definition) is 2. The number of guanidine groups is 1. The predicted octanol–water partition coefficient (Wildman–Crippen LogP) is 4.01. The molecule has 2 atom stereocenters. The number of aliphatic imine (C=N–C) groups is 1. The zero-order valence-corrected chi connectivity index (χ0v) is 19.5. The van der Waals surface area contributed by atoms with Crippen molar-refractivity contribution in [1.29, 1.82) is 0 Å². The summed E-state index contributed by atoms with van der Waals surface area (Å²) in [6, 6.07) is 8.84. The average molecular weight is 517 g/mol. The molecule has 2 unspecified atom stereocenters. The Labute approximate surface area is 188 Å². The van der Waals surface area contributed by atoms with E-state index in [-0.39, 0.29) is 29.8 Å². The van der Waals surface area contributed by atoms with Crippen molar-refractivity contribution in [3.05, 3.63) is 48.0 Å². The van der Waals surface area contributed by atoms with Crippen LogP contribution in [0.1, 0.15) is 31.9 Å². The summed E-state index contributed by atoms with van der Waals surface area (Å²) in [5, 5.41) is 12.3. The van der Waals surface area contributed by atoms with Crippen LogP contribution in [0, 0.1) is 5.82 Å². The van der Waals surface area contributed by atoms with Crippen molar-refractivity contribution in [1.82, 2.24) is 20.4 Å². The lowest BCUT2D eigenvalue weighted by atomic mass is 10.2. The summed E-state index contributed by atoms with van der Waals surface area (Å²) in [6.07, 6.45) is 6.41. The fourth-order valence-corrected chi connectivity index (χ4v) is 4.53. The maximum absolute atomic E-state index is 13.0. The maximum Gasteiger partial charge on any atom is 0.191 e. The van der Waals surface area contributed by atoms with Gasteiger partial charge < -0.3 is 10.6 Å². The Morgan fingerprint density at radius 2 is 2.07 bits per heavy atom. The summed E-state index contributed by atoms with van der Waals surface area (Å²) in [6.45, 7) is 2.99. The molecule has 2 aromatic rings. The Morgan fingerprint density at radius 3 is 2.79 bits per heavy atom. The van der Waals surface area contributed by atoms with Crippen LogP contribution in [-0.2, 0) is 6.42 Å². The molecule has 2 N–H and O–H groups in total. The van der Waals surface area contributed by atoms with Crippen LogP contribution < -0.4 is 10.6 Å². The van der Waals surface area contributed by atoms with Crippen LogP contribution >= 0.6 is 35.7 Å². The van der Waals surface area contributed by atoms with E-state index in [1.54, 1.807) is 16.8 Å². The van der Waals surface area contributed by atoms with Gasteiger partial charge in [0.2, 0.25) is 0 Å². The van der Waals surface area contributed by atoms with Gasteiger partial charge in [-0.3, -0.25) is 4.99 Å². The molecule has 5 nitrogen and oxygen atoms in total. The first kappa shape index (κ1) is 23.0. The van der Waals surface area contributed by atoms with E-state index < -0.39 is 0 Å². The molecule has 0 amide bonds. The van der Waals surface area contributed by atoms with Gasteiger partial charge in [-0.05, 0) is 55.3 Å². The SMILES string of the molecule is CCSC1CCC(NC(=NC)NCCc2ccn(-c3ccc(F)cc3)n2)C1.I. The van der Waals surface area contributed by atoms with Gasteiger partial charge in [-0.1, -0.05) is 6.92 Å². The molecule has 3 rings (SSSR count). The number of thioether (sulfide) groups is 1. The van der Waals surface area contributed by atoms with Crippen LogP contribution in [0.4, 0.5) is 4.39 Å². The Kier molecular flexibility index (Phi) is 9.57. The van der Waals surface area contributed by atoms with Gasteiger partial charge in [-0.15, -0.1) is 24.0 Å². The molecule has 0 spiro atoms. The molecule has 28 heavy (non-hydrogen) atoms. The fraction of sp³-hybridized carbons (Fsp3) is 0.500. The molecule has 8 heteroatoms. The smallest absolute Gasteiger partial charge is 0.191 e. The predicted molar refractivity (Wildman–Crippen MR) is 127 cm³/mol. The summed E-state index contributed by atoms with van der Waals surface area (Å²) >= 11 is 2.06. The van der Waals surface area contributed by atoms with Gasteiger partial charge >= 0.3 is 0 Å². The maximum atomic E-state index is 13.0. The van der Waals surface area contributed by atoms with Gasteiger partial charge in [0.1, 0.15) is 5.82 Å². The minimum Gasteiger partial charge on any atom is -0.356 e. The molecule has 1 aromatic carbocycles. The van der Waals surface area contributed by atoms with Crippen LogP contribution in [-0.4, -0.2) is 46.4 Å². The second-order valence-corrected chi connectivity index (χ2v) is 8.29. The highest BCUT2D eigenvalue weighted by atomic mass is 127. The van der Waals surface area contributed by atoms with Crippen molar-refractivity contribution < 1.29 is 4.39 Å². The van der Waals surface area contributed by atoms with Crippen LogP contribution in [0.5, 0.6) is 0 Å². The van der Waals surface area contributed by atoms with E-state index >= 15 is 0 Å². The normalized spacial score (nSPS) is 19.3. The molecule has 1 aromatic heterocycles.